The van der Waals surface area contributed by atoms with Crippen LogP contribution in [0.4, 0.5) is 0 Å². The van der Waals surface area contributed by atoms with Crippen LogP contribution in [0.5, 0.6) is 0 Å². The Bertz CT molecular complexity index is 554. The molecule has 6 heteroatoms. The number of rotatable bonds is 4. The fourth-order valence-corrected chi connectivity index (χ4v) is 1.75. The van der Waals surface area contributed by atoms with Crippen molar-refractivity contribution in [3.8, 4) is 0 Å². The Morgan fingerprint density at radius 1 is 1.44 bits per heavy atom. The topological polar surface area (TPSA) is 68.0 Å². The van der Waals surface area contributed by atoms with Crippen molar-refractivity contribution in [1.29, 1.82) is 0 Å². The van der Waals surface area contributed by atoms with E-state index in [1.54, 1.807) is 6.92 Å². The molecule has 1 heterocycles. The number of carbonyl (C=O) groups excluding carboxylic acids is 1. The molecule has 1 N–H and O–H groups in total. The predicted octanol–water partition coefficient (Wildman–Crippen LogP) is 2.00. The lowest BCUT2D eigenvalue weighted by Crippen LogP contribution is -2.26. The van der Waals surface area contributed by atoms with Gasteiger partial charge >= 0.3 is 0 Å². The lowest BCUT2D eigenvalue weighted by atomic mass is 10.1. The summed E-state index contributed by atoms with van der Waals surface area (Å²) in [6.45, 7) is 2.17. The van der Waals surface area contributed by atoms with Crippen LogP contribution in [0.2, 0.25) is 5.02 Å². The zero-order valence-corrected chi connectivity index (χ0v) is 10.6. The van der Waals surface area contributed by atoms with Gasteiger partial charge in [0, 0.05) is 11.6 Å². The van der Waals surface area contributed by atoms with Crippen molar-refractivity contribution in [2.45, 2.75) is 13.3 Å². The van der Waals surface area contributed by atoms with Gasteiger partial charge in [0.05, 0.1) is 0 Å². The fraction of sp³-hybridized carbons (Fsp3) is 0.250. The molecule has 2 aromatic rings. The Hall–Kier alpha value is -1.88. The molecule has 0 atom stereocenters. The van der Waals surface area contributed by atoms with Crippen LogP contribution < -0.4 is 5.32 Å². The third kappa shape index (κ3) is 3.07. The summed E-state index contributed by atoms with van der Waals surface area (Å²) in [5.74, 6) is -0.282. The quantitative estimate of drug-likeness (QED) is 0.918. The molecule has 0 bridgehead atoms. The third-order valence-electron chi connectivity index (χ3n) is 2.46. The summed E-state index contributed by atoms with van der Waals surface area (Å²) in [6.07, 6.45) is 0.705. The van der Waals surface area contributed by atoms with Crippen molar-refractivity contribution in [1.82, 2.24) is 15.6 Å². The number of aromatic nitrogens is 2. The second-order valence-corrected chi connectivity index (χ2v) is 4.27. The van der Waals surface area contributed by atoms with Crippen LogP contribution >= 0.6 is 11.6 Å². The number of hydrogen-bond donors (Lipinski definition) is 1. The van der Waals surface area contributed by atoms with Crippen LogP contribution in [0.3, 0.4) is 0 Å². The number of nitrogens with zero attached hydrogens (tertiary/aromatic N) is 2. The Morgan fingerprint density at radius 3 is 2.94 bits per heavy atom. The molecule has 18 heavy (non-hydrogen) atoms. The molecule has 0 aliphatic carbocycles. The molecule has 0 aliphatic rings. The van der Waals surface area contributed by atoms with Gasteiger partial charge in [-0.3, -0.25) is 4.79 Å². The average Bonchev–Trinajstić information content (AvgIpc) is 2.75. The molecule has 0 saturated carbocycles. The Morgan fingerprint density at radius 2 is 2.28 bits per heavy atom. The van der Waals surface area contributed by atoms with Crippen LogP contribution in [0.1, 0.15) is 21.7 Å². The zero-order valence-electron chi connectivity index (χ0n) is 9.81. The number of aryl methyl sites for hydroxylation is 1. The number of nitrogens with one attached hydrogen (secondary N) is 1. The maximum Gasteiger partial charge on any atom is 0.275 e. The lowest BCUT2D eigenvalue weighted by Gasteiger charge is -2.03. The van der Waals surface area contributed by atoms with E-state index in [2.05, 4.69) is 20.3 Å². The molecule has 1 aromatic carbocycles. The van der Waals surface area contributed by atoms with Crippen molar-refractivity contribution in [2.75, 3.05) is 6.54 Å². The van der Waals surface area contributed by atoms with Crippen LogP contribution in [0.25, 0.3) is 0 Å². The Kier molecular flexibility index (Phi) is 3.94. The number of amides is 1. The zero-order chi connectivity index (χ0) is 13.0. The van der Waals surface area contributed by atoms with Crippen molar-refractivity contribution < 1.29 is 9.42 Å². The predicted molar refractivity (Wildman–Crippen MR) is 66.5 cm³/mol. The summed E-state index contributed by atoms with van der Waals surface area (Å²) in [7, 11) is 0. The number of carbonyl (C=O) groups is 1. The fourth-order valence-electron chi connectivity index (χ4n) is 1.53. The van der Waals surface area contributed by atoms with Crippen LogP contribution in [0.15, 0.2) is 28.9 Å². The smallest absolute Gasteiger partial charge is 0.275 e. The van der Waals surface area contributed by atoms with Gasteiger partial charge in [0.1, 0.15) is 5.69 Å². The Labute approximate surface area is 109 Å². The van der Waals surface area contributed by atoms with Gasteiger partial charge in [-0.1, -0.05) is 28.9 Å². The number of benzene rings is 1. The average molecular weight is 266 g/mol. The van der Waals surface area contributed by atoms with Gasteiger partial charge in [-0.15, -0.1) is 0 Å². The van der Waals surface area contributed by atoms with E-state index in [-0.39, 0.29) is 11.6 Å². The van der Waals surface area contributed by atoms with Gasteiger partial charge in [0.25, 0.3) is 5.91 Å². The maximum atomic E-state index is 11.7. The van der Waals surface area contributed by atoms with Gasteiger partial charge in [-0.2, -0.15) is 0 Å². The van der Waals surface area contributed by atoms with Gasteiger partial charge in [0.15, 0.2) is 5.69 Å². The van der Waals surface area contributed by atoms with E-state index < -0.39 is 0 Å². The normalized spacial score (nSPS) is 10.3. The van der Waals surface area contributed by atoms with E-state index in [0.717, 1.165) is 5.56 Å². The summed E-state index contributed by atoms with van der Waals surface area (Å²) >= 11 is 5.87. The van der Waals surface area contributed by atoms with Crippen LogP contribution in [-0.2, 0) is 6.42 Å². The van der Waals surface area contributed by atoms with Crippen molar-refractivity contribution >= 4 is 17.5 Å². The molecule has 0 unspecified atom stereocenters. The van der Waals surface area contributed by atoms with E-state index in [4.69, 9.17) is 11.6 Å². The first kappa shape index (κ1) is 12.6. The maximum absolute atomic E-state index is 11.7. The molecule has 0 radical (unpaired) electrons. The summed E-state index contributed by atoms with van der Waals surface area (Å²) < 4.78 is 4.47. The number of halogens is 1. The molecule has 5 nitrogen and oxygen atoms in total. The molecular formula is C12H12ClN3O2. The molecule has 0 saturated heterocycles. The molecule has 94 valence electrons. The largest absolute Gasteiger partial charge is 0.350 e. The second-order valence-electron chi connectivity index (χ2n) is 3.83. The first-order valence-electron chi connectivity index (χ1n) is 5.48. The minimum absolute atomic E-state index is 0.223. The number of hydrogen-bond acceptors (Lipinski definition) is 4. The highest BCUT2D eigenvalue weighted by Crippen LogP contribution is 2.10. The highest BCUT2D eigenvalue weighted by Gasteiger charge is 2.13. The minimum atomic E-state index is -0.282. The molecule has 0 spiro atoms. The molecular weight excluding hydrogens is 254 g/mol. The summed E-state index contributed by atoms with van der Waals surface area (Å²) in [5, 5.41) is 10.5. The first-order valence-corrected chi connectivity index (χ1v) is 5.86. The minimum Gasteiger partial charge on any atom is -0.350 e. The van der Waals surface area contributed by atoms with Gasteiger partial charge in [0.2, 0.25) is 0 Å². The monoisotopic (exact) mass is 265 g/mol. The second kappa shape index (κ2) is 5.64. The van der Waals surface area contributed by atoms with E-state index in [0.29, 0.717) is 23.7 Å². The Balaban J connectivity index is 1.86. The van der Waals surface area contributed by atoms with E-state index in [1.165, 1.54) is 0 Å². The van der Waals surface area contributed by atoms with Gasteiger partial charge in [-0.25, -0.2) is 4.63 Å². The van der Waals surface area contributed by atoms with Crippen molar-refractivity contribution in [3.05, 3.63) is 46.2 Å². The molecule has 1 amide bonds. The van der Waals surface area contributed by atoms with E-state index >= 15 is 0 Å². The van der Waals surface area contributed by atoms with Crippen molar-refractivity contribution in [2.24, 2.45) is 0 Å². The van der Waals surface area contributed by atoms with E-state index in [1.807, 2.05) is 24.3 Å². The highest BCUT2D eigenvalue weighted by atomic mass is 35.5. The standard InChI is InChI=1S/C12H12ClN3O2/c1-8-11(16-18-15-8)12(17)14-6-5-9-3-2-4-10(13)7-9/h2-4,7H,5-6H2,1H3,(H,14,17). The first-order chi connectivity index (χ1) is 8.66. The summed E-state index contributed by atoms with van der Waals surface area (Å²) in [4.78, 5) is 11.7. The summed E-state index contributed by atoms with van der Waals surface area (Å²) in [5.41, 5.74) is 1.77. The molecule has 0 fully saturated rings. The van der Waals surface area contributed by atoms with Crippen LogP contribution in [-0.4, -0.2) is 22.8 Å². The summed E-state index contributed by atoms with van der Waals surface area (Å²) in [6, 6.07) is 7.52. The van der Waals surface area contributed by atoms with Gasteiger partial charge in [-0.05, 0) is 36.2 Å². The SMILES string of the molecule is Cc1nonc1C(=O)NCCc1cccc(Cl)c1. The molecule has 0 aliphatic heterocycles. The molecule has 1 aromatic heterocycles. The van der Waals surface area contributed by atoms with Gasteiger partial charge < -0.3 is 5.32 Å². The van der Waals surface area contributed by atoms with Crippen LogP contribution in [0, 0.1) is 6.92 Å². The van der Waals surface area contributed by atoms with Crippen molar-refractivity contribution in [3.63, 3.8) is 0 Å². The van der Waals surface area contributed by atoms with E-state index in [9.17, 15) is 4.79 Å². The third-order valence-corrected chi connectivity index (χ3v) is 2.69. The highest BCUT2D eigenvalue weighted by molar-refractivity contribution is 6.30. The molecule has 2 rings (SSSR count). The lowest BCUT2D eigenvalue weighted by molar-refractivity contribution is 0.0944.